The van der Waals surface area contributed by atoms with Crippen molar-refractivity contribution in [2.45, 2.75) is 42.6 Å². The van der Waals surface area contributed by atoms with Crippen LogP contribution in [-0.4, -0.2) is 46.6 Å². The van der Waals surface area contributed by atoms with Crippen molar-refractivity contribution in [2.24, 2.45) is 11.7 Å². The summed E-state index contributed by atoms with van der Waals surface area (Å²) in [4.78, 5) is 14.3. The first-order valence-electron chi connectivity index (χ1n) is 6.97. The van der Waals surface area contributed by atoms with Gasteiger partial charge in [0, 0.05) is 12.2 Å². The molecule has 0 aromatic carbocycles. The van der Waals surface area contributed by atoms with E-state index in [0.29, 0.717) is 12.3 Å². The van der Waals surface area contributed by atoms with Crippen molar-refractivity contribution in [1.82, 2.24) is 10.2 Å². The van der Waals surface area contributed by atoms with Gasteiger partial charge in [-0.1, -0.05) is 0 Å². The quantitative estimate of drug-likeness (QED) is 0.759. The number of nitrogens with two attached hydrogens (primary N) is 1. The summed E-state index contributed by atoms with van der Waals surface area (Å²) in [5, 5.41) is 12.6. The molecule has 0 aliphatic carbocycles. The highest BCUT2D eigenvalue weighted by Gasteiger charge is 2.55. The third-order valence-electron chi connectivity index (χ3n) is 4.55. The number of nitrogens with zero attached hydrogens (tertiary/aromatic N) is 2. The number of carbonyl (C=O) groups is 1. The Morgan fingerprint density at radius 1 is 1.53 bits per heavy atom. The van der Waals surface area contributed by atoms with Gasteiger partial charge in [-0.2, -0.15) is 5.26 Å². The molecule has 0 aromatic rings. The van der Waals surface area contributed by atoms with Crippen LogP contribution in [0.25, 0.3) is 0 Å². The Kier molecular flexibility index (Phi) is 3.46. The van der Waals surface area contributed by atoms with Gasteiger partial charge in [0.15, 0.2) is 0 Å². The van der Waals surface area contributed by atoms with Gasteiger partial charge in [-0.05, 0) is 38.3 Å². The van der Waals surface area contributed by atoms with Crippen LogP contribution in [0.15, 0.2) is 0 Å². The first-order valence-corrected chi connectivity index (χ1v) is 8.02. The lowest BCUT2D eigenvalue weighted by Crippen LogP contribution is -2.51. The van der Waals surface area contributed by atoms with E-state index < -0.39 is 5.54 Å². The van der Waals surface area contributed by atoms with Gasteiger partial charge in [0.05, 0.1) is 17.0 Å². The van der Waals surface area contributed by atoms with Gasteiger partial charge in [-0.15, -0.1) is 11.8 Å². The van der Waals surface area contributed by atoms with E-state index in [1.165, 1.54) is 0 Å². The molecule has 3 fully saturated rings. The Morgan fingerprint density at radius 3 is 2.95 bits per heavy atom. The molecular formula is C13H20N4OS. The van der Waals surface area contributed by atoms with Crippen molar-refractivity contribution in [1.29, 1.82) is 5.26 Å². The molecule has 0 spiro atoms. The first-order chi connectivity index (χ1) is 9.14. The Hall–Kier alpha value is -0.770. The van der Waals surface area contributed by atoms with Gasteiger partial charge in [0.1, 0.15) is 6.04 Å². The average molecular weight is 280 g/mol. The van der Waals surface area contributed by atoms with Crippen LogP contribution >= 0.6 is 11.8 Å². The molecule has 6 heteroatoms. The number of amides is 1. The topological polar surface area (TPSA) is 82.1 Å². The maximum atomic E-state index is 12.6. The summed E-state index contributed by atoms with van der Waals surface area (Å²) in [6.45, 7) is 2.05. The van der Waals surface area contributed by atoms with Gasteiger partial charge in [-0.25, -0.2) is 0 Å². The molecule has 1 amide bonds. The van der Waals surface area contributed by atoms with Crippen LogP contribution in [0.1, 0.15) is 25.7 Å². The van der Waals surface area contributed by atoms with Crippen molar-refractivity contribution in [2.75, 3.05) is 18.8 Å². The summed E-state index contributed by atoms with van der Waals surface area (Å²) in [6, 6.07) is 1.95. The van der Waals surface area contributed by atoms with Crippen LogP contribution in [0.5, 0.6) is 0 Å². The molecule has 19 heavy (non-hydrogen) atoms. The van der Waals surface area contributed by atoms with Gasteiger partial charge in [0.25, 0.3) is 0 Å². The number of nitriles is 1. The van der Waals surface area contributed by atoms with E-state index in [2.05, 4.69) is 11.4 Å². The molecule has 3 N–H and O–H groups in total. The highest BCUT2D eigenvalue weighted by atomic mass is 32.2. The monoisotopic (exact) mass is 280 g/mol. The molecule has 5 nitrogen and oxygen atoms in total. The van der Waals surface area contributed by atoms with Crippen LogP contribution in [-0.2, 0) is 4.79 Å². The van der Waals surface area contributed by atoms with Crippen molar-refractivity contribution in [3.05, 3.63) is 0 Å². The predicted octanol–water partition coefficient (Wildman–Crippen LogP) is 0.271. The molecule has 0 bridgehead atoms. The fraction of sp³-hybridized carbons (Fsp3) is 0.846. The molecule has 0 aromatic heterocycles. The second-order valence-electron chi connectivity index (χ2n) is 5.90. The molecule has 0 radical (unpaired) electrons. The van der Waals surface area contributed by atoms with E-state index in [1.807, 2.05) is 0 Å². The maximum Gasteiger partial charge on any atom is 0.244 e. The number of rotatable bonds is 2. The van der Waals surface area contributed by atoms with Crippen LogP contribution in [0, 0.1) is 17.2 Å². The third kappa shape index (κ3) is 2.24. The standard InChI is InChI=1S/C13H20N4OS/c14-7-10-8-19-11-6-13(15,12(18)17(10)11)5-9-1-3-16-4-2-9/h9-11,16H,1-6,8,15H2/t10-,11+,13-/m1/s1. The van der Waals surface area contributed by atoms with Gasteiger partial charge < -0.3 is 16.0 Å². The number of fused-ring (bicyclic) bond motifs is 1. The fourth-order valence-electron chi connectivity index (χ4n) is 3.52. The van der Waals surface area contributed by atoms with E-state index >= 15 is 0 Å². The number of piperidine rings is 1. The highest BCUT2D eigenvalue weighted by molar-refractivity contribution is 8.00. The van der Waals surface area contributed by atoms with Crippen LogP contribution in [0.4, 0.5) is 0 Å². The number of hydrogen-bond donors (Lipinski definition) is 2. The SMILES string of the molecule is N#C[C@@H]1CS[C@H]2C[C@](N)(CC3CCNCC3)C(=O)N12. The molecular weight excluding hydrogens is 260 g/mol. The van der Waals surface area contributed by atoms with E-state index in [4.69, 9.17) is 11.0 Å². The summed E-state index contributed by atoms with van der Waals surface area (Å²) >= 11 is 1.70. The highest BCUT2D eigenvalue weighted by Crippen LogP contribution is 2.43. The summed E-state index contributed by atoms with van der Waals surface area (Å²) in [7, 11) is 0. The van der Waals surface area contributed by atoms with Gasteiger partial charge >= 0.3 is 0 Å². The minimum Gasteiger partial charge on any atom is -0.317 e. The van der Waals surface area contributed by atoms with E-state index in [0.717, 1.165) is 38.1 Å². The zero-order valence-electron chi connectivity index (χ0n) is 11.0. The minimum atomic E-state index is -0.727. The second-order valence-corrected chi connectivity index (χ2v) is 7.11. The largest absolute Gasteiger partial charge is 0.317 e. The maximum absolute atomic E-state index is 12.6. The van der Waals surface area contributed by atoms with E-state index in [-0.39, 0.29) is 17.3 Å². The fourth-order valence-corrected chi connectivity index (χ4v) is 4.98. The molecule has 104 valence electrons. The molecule has 3 aliphatic heterocycles. The molecule has 3 rings (SSSR count). The van der Waals surface area contributed by atoms with Crippen molar-refractivity contribution in [3.8, 4) is 6.07 Å². The summed E-state index contributed by atoms with van der Waals surface area (Å²) < 4.78 is 0. The van der Waals surface area contributed by atoms with E-state index in [9.17, 15) is 4.79 Å². The number of carbonyl (C=O) groups excluding carboxylic acids is 1. The molecule has 3 heterocycles. The summed E-state index contributed by atoms with van der Waals surface area (Å²) in [5.74, 6) is 1.28. The zero-order chi connectivity index (χ0) is 13.5. The van der Waals surface area contributed by atoms with Crippen LogP contribution in [0.2, 0.25) is 0 Å². The molecule has 3 atom stereocenters. The minimum absolute atomic E-state index is 0.00702. The zero-order valence-corrected chi connectivity index (χ0v) is 11.8. The Morgan fingerprint density at radius 2 is 2.26 bits per heavy atom. The van der Waals surface area contributed by atoms with Crippen molar-refractivity contribution in [3.63, 3.8) is 0 Å². The van der Waals surface area contributed by atoms with Crippen LogP contribution in [0.3, 0.4) is 0 Å². The van der Waals surface area contributed by atoms with Crippen molar-refractivity contribution >= 4 is 17.7 Å². The Balaban J connectivity index is 1.71. The smallest absolute Gasteiger partial charge is 0.244 e. The summed E-state index contributed by atoms with van der Waals surface area (Å²) in [6.07, 6.45) is 3.69. The van der Waals surface area contributed by atoms with E-state index in [1.54, 1.807) is 16.7 Å². The lowest BCUT2D eigenvalue weighted by atomic mass is 9.82. The lowest BCUT2D eigenvalue weighted by Gasteiger charge is -2.31. The molecule has 0 unspecified atom stereocenters. The van der Waals surface area contributed by atoms with Gasteiger partial charge in [-0.3, -0.25) is 4.79 Å². The molecule has 3 saturated heterocycles. The van der Waals surface area contributed by atoms with Crippen molar-refractivity contribution < 1.29 is 4.79 Å². The normalized spacial score (nSPS) is 39.4. The average Bonchev–Trinajstić information content (AvgIpc) is 2.90. The molecule has 3 aliphatic rings. The Labute approximate surface area is 117 Å². The first kappa shape index (κ1) is 13.2. The Bertz CT molecular complexity index is 417. The number of nitrogens with one attached hydrogen (secondary N) is 1. The number of thioether (sulfide) groups is 1. The van der Waals surface area contributed by atoms with Gasteiger partial charge in [0.2, 0.25) is 5.91 Å². The predicted molar refractivity (Wildman–Crippen MR) is 74.2 cm³/mol. The molecule has 0 saturated carbocycles. The second kappa shape index (κ2) is 4.97. The lowest BCUT2D eigenvalue weighted by molar-refractivity contribution is -0.133. The number of hydrogen-bond acceptors (Lipinski definition) is 5. The third-order valence-corrected chi connectivity index (χ3v) is 5.84. The summed E-state index contributed by atoms with van der Waals surface area (Å²) in [5.41, 5.74) is 5.68. The van der Waals surface area contributed by atoms with Crippen LogP contribution < -0.4 is 11.1 Å².